The average molecular weight is 281 g/mol. The van der Waals surface area contributed by atoms with Crippen LogP contribution in [0.1, 0.15) is 30.7 Å². The van der Waals surface area contributed by atoms with E-state index in [9.17, 15) is 4.79 Å². The first-order chi connectivity index (χ1) is 8.83. The SMILES string of the molecule is Cl.O=C(NC1CC(c2ccccc2)C1)C1CCNC1. The van der Waals surface area contributed by atoms with Crippen LogP contribution in [-0.4, -0.2) is 25.0 Å². The molecule has 3 nitrogen and oxygen atoms in total. The fourth-order valence-corrected chi connectivity index (χ4v) is 2.93. The summed E-state index contributed by atoms with van der Waals surface area (Å²) in [6.45, 7) is 1.83. The zero-order chi connectivity index (χ0) is 12.4. The Balaban J connectivity index is 0.00000133. The Hall–Kier alpha value is -1.06. The van der Waals surface area contributed by atoms with Gasteiger partial charge in [-0.25, -0.2) is 0 Å². The summed E-state index contributed by atoms with van der Waals surface area (Å²) in [5.41, 5.74) is 1.41. The third-order valence-electron chi connectivity index (χ3n) is 4.19. The highest BCUT2D eigenvalue weighted by atomic mass is 35.5. The average Bonchev–Trinajstić information content (AvgIpc) is 2.88. The number of halogens is 1. The molecule has 1 heterocycles. The van der Waals surface area contributed by atoms with Gasteiger partial charge in [0.05, 0.1) is 5.92 Å². The minimum atomic E-state index is 0. The van der Waals surface area contributed by atoms with Crippen molar-refractivity contribution in [2.24, 2.45) is 5.92 Å². The smallest absolute Gasteiger partial charge is 0.224 e. The Bertz CT molecular complexity index is 411. The fraction of sp³-hybridized carbons (Fsp3) is 0.533. The van der Waals surface area contributed by atoms with Gasteiger partial charge in [-0.05, 0) is 37.3 Å². The molecule has 3 rings (SSSR count). The third kappa shape index (κ3) is 3.28. The Morgan fingerprint density at radius 1 is 1.21 bits per heavy atom. The highest BCUT2D eigenvalue weighted by molar-refractivity contribution is 5.85. The first kappa shape index (κ1) is 14.4. The summed E-state index contributed by atoms with van der Waals surface area (Å²) < 4.78 is 0. The first-order valence-electron chi connectivity index (χ1n) is 6.89. The molecular weight excluding hydrogens is 260 g/mol. The van der Waals surface area contributed by atoms with E-state index >= 15 is 0 Å². The van der Waals surface area contributed by atoms with Gasteiger partial charge in [0.2, 0.25) is 5.91 Å². The summed E-state index contributed by atoms with van der Waals surface area (Å²) in [5, 5.41) is 6.42. The van der Waals surface area contributed by atoms with Crippen LogP contribution in [0, 0.1) is 5.92 Å². The standard InChI is InChI=1S/C15H20N2O.ClH/c18-15(12-6-7-16-10-12)17-14-8-13(9-14)11-4-2-1-3-5-11;/h1-5,12-14,16H,6-10H2,(H,17,18);1H. The fourth-order valence-electron chi connectivity index (χ4n) is 2.93. The molecule has 1 amide bonds. The monoisotopic (exact) mass is 280 g/mol. The number of benzene rings is 1. The second kappa shape index (κ2) is 6.40. The van der Waals surface area contributed by atoms with E-state index in [0.717, 1.165) is 32.4 Å². The maximum atomic E-state index is 11.9. The quantitative estimate of drug-likeness (QED) is 0.890. The van der Waals surface area contributed by atoms with Crippen LogP contribution in [0.25, 0.3) is 0 Å². The zero-order valence-corrected chi connectivity index (χ0v) is 11.8. The molecule has 1 aliphatic heterocycles. The predicted molar refractivity (Wildman–Crippen MR) is 78.6 cm³/mol. The Kier molecular flexibility index (Phi) is 4.83. The van der Waals surface area contributed by atoms with Crippen molar-refractivity contribution in [2.45, 2.75) is 31.2 Å². The maximum Gasteiger partial charge on any atom is 0.224 e. The van der Waals surface area contributed by atoms with Crippen molar-refractivity contribution in [3.05, 3.63) is 35.9 Å². The lowest BCUT2D eigenvalue weighted by atomic mass is 9.76. The van der Waals surface area contributed by atoms with Crippen molar-refractivity contribution >= 4 is 18.3 Å². The van der Waals surface area contributed by atoms with E-state index in [4.69, 9.17) is 0 Å². The maximum absolute atomic E-state index is 11.9. The van der Waals surface area contributed by atoms with Gasteiger partial charge in [-0.3, -0.25) is 4.79 Å². The molecular formula is C15H21ClN2O. The van der Waals surface area contributed by atoms with Crippen molar-refractivity contribution in [1.82, 2.24) is 10.6 Å². The molecule has 1 saturated heterocycles. The van der Waals surface area contributed by atoms with Gasteiger partial charge in [-0.1, -0.05) is 30.3 Å². The Morgan fingerprint density at radius 3 is 2.58 bits per heavy atom. The van der Waals surface area contributed by atoms with E-state index in [0.29, 0.717) is 12.0 Å². The topological polar surface area (TPSA) is 41.1 Å². The molecule has 1 aromatic rings. The van der Waals surface area contributed by atoms with E-state index in [-0.39, 0.29) is 24.2 Å². The molecule has 2 N–H and O–H groups in total. The van der Waals surface area contributed by atoms with Crippen molar-refractivity contribution in [3.8, 4) is 0 Å². The second-order valence-electron chi connectivity index (χ2n) is 5.47. The van der Waals surface area contributed by atoms with Crippen LogP contribution < -0.4 is 10.6 Å². The normalized spacial score (nSPS) is 29.2. The number of carbonyl (C=O) groups is 1. The van der Waals surface area contributed by atoms with E-state index < -0.39 is 0 Å². The number of rotatable bonds is 3. The van der Waals surface area contributed by atoms with Crippen LogP contribution in [0.2, 0.25) is 0 Å². The lowest BCUT2D eigenvalue weighted by Gasteiger charge is -2.36. The van der Waals surface area contributed by atoms with Crippen LogP contribution >= 0.6 is 12.4 Å². The number of hydrogen-bond acceptors (Lipinski definition) is 2. The van der Waals surface area contributed by atoms with Gasteiger partial charge in [-0.15, -0.1) is 12.4 Å². The molecule has 4 heteroatoms. The van der Waals surface area contributed by atoms with E-state index in [1.807, 2.05) is 0 Å². The van der Waals surface area contributed by atoms with Gasteiger partial charge in [0.15, 0.2) is 0 Å². The van der Waals surface area contributed by atoms with Gasteiger partial charge in [0.25, 0.3) is 0 Å². The molecule has 1 unspecified atom stereocenters. The van der Waals surface area contributed by atoms with Crippen LogP contribution in [-0.2, 0) is 4.79 Å². The second-order valence-corrected chi connectivity index (χ2v) is 5.47. The van der Waals surface area contributed by atoms with Gasteiger partial charge < -0.3 is 10.6 Å². The largest absolute Gasteiger partial charge is 0.353 e. The van der Waals surface area contributed by atoms with Crippen LogP contribution in [0.15, 0.2) is 30.3 Å². The van der Waals surface area contributed by atoms with Crippen molar-refractivity contribution in [3.63, 3.8) is 0 Å². The van der Waals surface area contributed by atoms with Gasteiger partial charge in [-0.2, -0.15) is 0 Å². The summed E-state index contributed by atoms with van der Waals surface area (Å²) in [7, 11) is 0. The summed E-state index contributed by atoms with van der Waals surface area (Å²) in [6, 6.07) is 11.0. The number of nitrogens with one attached hydrogen (secondary N) is 2. The predicted octanol–water partition coefficient (Wildman–Crippen LogP) is 2.08. The molecule has 1 aliphatic carbocycles. The summed E-state index contributed by atoms with van der Waals surface area (Å²) >= 11 is 0. The molecule has 0 bridgehead atoms. The highest BCUT2D eigenvalue weighted by Crippen LogP contribution is 2.36. The minimum Gasteiger partial charge on any atom is -0.353 e. The van der Waals surface area contributed by atoms with Gasteiger partial charge in [0.1, 0.15) is 0 Å². The van der Waals surface area contributed by atoms with E-state index in [2.05, 4.69) is 41.0 Å². The van der Waals surface area contributed by atoms with Crippen LogP contribution in [0.5, 0.6) is 0 Å². The Labute approximate surface area is 120 Å². The molecule has 104 valence electrons. The minimum absolute atomic E-state index is 0. The van der Waals surface area contributed by atoms with Crippen molar-refractivity contribution < 1.29 is 4.79 Å². The van der Waals surface area contributed by atoms with Gasteiger partial charge in [0, 0.05) is 12.6 Å². The summed E-state index contributed by atoms with van der Waals surface area (Å²) in [6.07, 6.45) is 3.17. The van der Waals surface area contributed by atoms with Crippen molar-refractivity contribution in [2.75, 3.05) is 13.1 Å². The number of carbonyl (C=O) groups excluding carboxylic acids is 1. The first-order valence-corrected chi connectivity index (χ1v) is 6.89. The summed E-state index contributed by atoms with van der Waals surface area (Å²) in [5.74, 6) is 1.08. The molecule has 1 saturated carbocycles. The number of amides is 1. The third-order valence-corrected chi connectivity index (χ3v) is 4.19. The lowest BCUT2D eigenvalue weighted by Crippen LogP contribution is -2.46. The van der Waals surface area contributed by atoms with E-state index in [1.165, 1.54) is 5.56 Å². The summed E-state index contributed by atoms with van der Waals surface area (Å²) in [4.78, 5) is 11.9. The molecule has 1 atom stereocenters. The molecule has 2 fully saturated rings. The van der Waals surface area contributed by atoms with Crippen molar-refractivity contribution in [1.29, 1.82) is 0 Å². The number of hydrogen-bond donors (Lipinski definition) is 2. The van der Waals surface area contributed by atoms with Crippen LogP contribution in [0.4, 0.5) is 0 Å². The van der Waals surface area contributed by atoms with Gasteiger partial charge >= 0.3 is 0 Å². The molecule has 2 aliphatic rings. The molecule has 1 aromatic carbocycles. The highest BCUT2D eigenvalue weighted by Gasteiger charge is 2.33. The zero-order valence-electron chi connectivity index (χ0n) is 11.0. The van der Waals surface area contributed by atoms with E-state index in [1.54, 1.807) is 0 Å². The molecule has 19 heavy (non-hydrogen) atoms. The molecule has 0 spiro atoms. The molecule has 0 aromatic heterocycles. The lowest BCUT2D eigenvalue weighted by molar-refractivity contribution is -0.125. The molecule has 0 radical (unpaired) electrons. The Morgan fingerprint density at radius 2 is 1.95 bits per heavy atom. The van der Waals surface area contributed by atoms with Crippen LogP contribution in [0.3, 0.4) is 0 Å².